The molecule has 0 amide bonds. The predicted octanol–water partition coefficient (Wildman–Crippen LogP) is 21.3. The first-order chi connectivity index (χ1) is 44.5. The molecule has 0 fully saturated rings. The minimum Gasteiger partial charge on any atom is -0.462 e. The van der Waals surface area contributed by atoms with E-state index in [0.717, 1.165) is 109 Å². The Morgan fingerprint density at radius 3 is 0.739 bits per heavy atom. The molecule has 3 N–H and O–H groups in total. The fraction of sp³-hybridized carbons (Fsp3) is 0.945. The normalized spacial score (nSPS) is 14.0. The maximum absolute atomic E-state index is 13.1. The molecule has 0 aromatic carbocycles. The third kappa shape index (κ3) is 66.7. The molecular weight excluding hydrogens is 1210 g/mol. The first-order valence-corrected chi connectivity index (χ1v) is 41.1. The fourth-order valence-corrected chi connectivity index (χ4v) is 12.8. The van der Waals surface area contributed by atoms with Gasteiger partial charge >= 0.3 is 39.5 Å². The van der Waals surface area contributed by atoms with Crippen LogP contribution in [0, 0.1) is 5.92 Å². The molecule has 0 saturated heterocycles. The number of phosphoric acid groups is 2. The average Bonchev–Trinajstić information content (AvgIpc) is 2.02. The summed E-state index contributed by atoms with van der Waals surface area (Å²) in [7, 11) is -9.89. The summed E-state index contributed by atoms with van der Waals surface area (Å²) >= 11 is 0. The lowest BCUT2D eigenvalue weighted by Crippen LogP contribution is -2.30. The van der Waals surface area contributed by atoms with E-state index in [4.69, 9.17) is 37.0 Å². The van der Waals surface area contributed by atoms with Crippen molar-refractivity contribution in [1.29, 1.82) is 0 Å². The van der Waals surface area contributed by atoms with E-state index in [9.17, 15) is 43.2 Å². The van der Waals surface area contributed by atoms with Gasteiger partial charge in [0.15, 0.2) is 12.2 Å². The van der Waals surface area contributed by atoms with Gasteiger partial charge in [-0.2, -0.15) is 0 Å². The van der Waals surface area contributed by atoms with Gasteiger partial charge in [0.1, 0.15) is 19.3 Å². The Morgan fingerprint density at radius 1 is 0.293 bits per heavy atom. The van der Waals surface area contributed by atoms with Gasteiger partial charge in [0.2, 0.25) is 0 Å². The lowest BCUT2D eigenvalue weighted by molar-refractivity contribution is -0.161. The average molecular weight is 1350 g/mol. The van der Waals surface area contributed by atoms with Crippen LogP contribution < -0.4 is 0 Å². The molecule has 0 aliphatic carbocycles. The summed E-state index contributed by atoms with van der Waals surface area (Å²) < 4.78 is 68.2. The van der Waals surface area contributed by atoms with Crippen molar-refractivity contribution >= 4 is 39.5 Å². The van der Waals surface area contributed by atoms with E-state index in [1.54, 1.807) is 0 Å². The number of ether oxygens (including phenoxy) is 4. The van der Waals surface area contributed by atoms with Gasteiger partial charge in [-0.05, 0) is 31.6 Å². The van der Waals surface area contributed by atoms with E-state index in [-0.39, 0.29) is 25.7 Å². The highest BCUT2D eigenvalue weighted by Crippen LogP contribution is 2.45. The molecule has 0 saturated carbocycles. The molecule has 0 aromatic rings. The van der Waals surface area contributed by atoms with Gasteiger partial charge in [0.05, 0.1) is 26.4 Å². The topological polar surface area (TPSA) is 237 Å². The first kappa shape index (κ1) is 90.1. The summed E-state index contributed by atoms with van der Waals surface area (Å²) in [4.78, 5) is 72.4. The van der Waals surface area contributed by atoms with Crippen LogP contribution in [0.2, 0.25) is 0 Å². The SMILES string of the molecule is CCCCCCCCCCCCCCCCCCCCCC(=O)O[C@H](COC(=O)CCCCCCCCCCCCCCCCC(C)C)COP(=O)(O)OC[C@@H](O)COP(=O)(O)OC[C@@H](COC(=O)CCCCCCCCC)OC(=O)CCCCCCCCCCC. The molecule has 0 heterocycles. The molecule has 0 bridgehead atoms. The summed E-state index contributed by atoms with van der Waals surface area (Å²) in [5.41, 5.74) is 0. The van der Waals surface area contributed by atoms with Crippen LogP contribution in [0.4, 0.5) is 0 Å². The smallest absolute Gasteiger partial charge is 0.462 e. The van der Waals surface area contributed by atoms with Crippen molar-refractivity contribution in [2.45, 2.75) is 400 Å². The monoisotopic (exact) mass is 1350 g/mol. The van der Waals surface area contributed by atoms with E-state index in [2.05, 4.69) is 34.6 Å². The standard InChI is InChI=1S/C73H142O17P2/c1-6-9-12-15-18-20-21-22-23-24-25-26-27-32-35-39-44-49-54-59-73(78)90-69(63-84-71(76)57-52-47-42-38-34-31-29-28-30-33-37-41-45-50-55-66(4)5)65-88-92(81,82)86-61-67(74)60-85-91(79,80)87-64-68(62-83-70(75)56-51-46-40-17-14-11-8-3)89-72(77)58-53-48-43-36-19-16-13-10-7-2/h66-69,74H,6-65H2,1-5H3,(H,79,80)(H,81,82)/t67-,68+,69+/m0/s1. The van der Waals surface area contributed by atoms with E-state index in [1.165, 1.54) is 193 Å². The number of hydrogen-bond acceptors (Lipinski definition) is 15. The van der Waals surface area contributed by atoms with Gasteiger partial charge < -0.3 is 33.8 Å². The van der Waals surface area contributed by atoms with E-state index in [1.807, 2.05) is 0 Å². The second-order valence-corrected chi connectivity index (χ2v) is 29.7. The highest BCUT2D eigenvalue weighted by atomic mass is 31.2. The maximum Gasteiger partial charge on any atom is 0.472 e. The molecule has 5 atom stereocenters. The Labute approximate surface area is 562 Å². The van der Waals surface area contributed by atoms with Crippen molar-refractivity contribution in [3.8, 4) is 0 Å². The van der Waals surface area contributed by atoms with Crippen molar-refractivity contribution < 1.29 is 80.2 Å². The van der Waals surface area contributed by atoms with Crippen LogP contribution in [0.3, 0.4) is 0 Å². The quantitative estimate of drug-likeness (QED) is 0.0222. The summed E-state index contributed by atoms with van der Waals surface area (Å²) in [5, 5.41) is 10.6. The Hall–Kier alpha value is -1.94. The Kier molecular flexibility index (Phi) is 64.9. The molecule has 92 heavy (non-hydrogen) atoms. The molecule has 0 aliphatic heterocycles. The van der Waals surface area contributed by atoms with Gasteiger partial charge in [0, 0.05) is 25.7 Å². The number of rotatable bonds is 73. The predicted molar refractivity (Wildman–Crippen MR) is 372 cm³/mol. The van der Waals surface area contributed by atoms with Crippen molar-refractivity contribution in [3.05, 3.63) is 0 Å². The van der Waals surface area contributed by atoms with E-state index < -0.39 is 97.5 Å². The second kappa shape index (κ2) is 66.3. The zero-order chi connectivity index (χ0) is 67.7. The lowest BCUT2D eigenvalue weighted by Gasteiger charge is -2.21. The van der Waals surface area contributed by atoms with E-state index in [0.29, 0.717) is 25.7 Å². The van der Waals surface area contributed by atoms with Crippen molar-refractivity contribution in [3.63, 3.8) is 0 Å². The maximum atomic E-state index is 13.1. The summed E-state index contributed by atoms with van der Waals surface area (Å²) in [6.45, 7) is 7.23. The van der Waals surface area contributed by atoms with E-state index >= 15 is 0 Å². The Morgan fingerprint density at radius 2 is 0.500 bits per heavy atom. The number of aliphatic hydroxyl groups is 1. The molecule has 0 spiro atoms. The number of carbonyl (C=O) groups is 4. The molecule has 0 aromatic heterocycles. The van der Waals surface area contributed by atoms with Crippen LogP contribution in [0.5, 0.6) is 0 Å². The molecule has 0 radical (unpaired) electrons. The number of phosphoric ester groups is 2. The van der Waals surface area contributed by atoms with Gasteiger partial charge in [0.25, 0.3) is 0 Å². The third-order valence-corrected chi connectivity index (χ3v) is 18.9. The number of aliphatic hydroxyl groups excluding tert-OH is 1. The molecular formula is C73H142O17P2. The summed E-state index contributed by atoms with van der Waals surface area (Å²) in [6, 6.07) is 0. The number of esters is 4. The van der Waals surface area contributed by atoms with Gasteiger partial charge in [-0.1, -0.05) is 330 Å². The molecule has 17 nitrogen and oxygen atoms in total. The van der Waals surface area contributed by atoms with Crippen LogP contribution in [-0.4, -0.2) is 96.7 Å². The minimum atomic E-state index is -4.95. The molecule has 546 valence electrons. The van der Waals surface area contributed by atoms with Crippen LogP contribution >= 0.6 is 15.6 Å². The summed E-state index contributed by atoms with van der Waals surface area (Å²) in [5.74, 6) is -1.32. The molecule has 0 rings (SSSR count). The van der Waals surface area contributed by atoms with Crippen LogP contribution in [0.1, 0.15) is 381 Å². The zero-order valence-electron chi connectivity index (χ0n) is 59.7. The van der Waals surface area contributed by atoms with Crippen LogP contribution in [0.25, 0.3) is 0 Å². The number of unbranched alkanes of at least 4 members (excludes halogenated alkanes) is 45. The first-order valence-electron chi connectivity index (χ1n) is 38.1. The third-order valence-electron chi connectivity index (χ3n) is 17.0. The van der Waals surface area contributed by atoms with Gasteiger partial charge in [-0.15, -0.1) is 0 Å². The number of hydrogen-bond donors (Lipinski definition) is 3. The van der Waals surface area contributed by atoms with Crippen molar-refractivity contribution in [2.24, 2.45) is 5.92 Å². The molecule has 19 heteroatoms. The highest BCUT2D eigenvalue weighted by molar-refractivity contribution is 7.47. The fourth-order valence-electron chi connectivity index (χ4n) is 11.2. The van der Waals surface area contributed by atoms with Crippen molar-refractivity contribution in [2.75, 3.05) is 39.6 Å². The minimum absolute atomic E-state index is 0.106. The Bertz CT molecular complexity index is 1770. The number of carbonyl (C=O) groups excluding carboxylic acids is 4. The highest BCUT2D eigenvalue weighted by Gasteiger charge is 2.30. The van der Waals surface area contributed by atoms with Crippen molar-refractivity contribution in [1.82, 2.24) is 0 Å². The summed E-state index contributed by atoms with van der Waals surface area (Å²) in [6.07, 6.45) is 54.3. The van der Waals surface area contributed by atoms with Crippen LogP contribution in [0.15, 0.2) is 0 Å². The largest absolute Gasteiger partial charge is 0.472 e. The van der Waals surface area contributed by atoms with Gasteiger partial charge in [-0.25, -0.2) is 9.13 Å². The zero-order valence-corrected chi connectivity index (χ0v) is 61.5. The molecule has 0 aliphatic rings. The van der Waals surface area contributed by atoms with Gasteiger partial charge in [-0.3, -0.25) is 37.3 Å². The Balaban J connectivity index is 5.16. The molecule has 2 unspecified atom stereocenters. The van der Waals surface area contributed by atoms with Crippen LogP contribution in [-0.2, 0) is 65.4 Å². The second-order valence-electron chi connectivity index (χ2n) is 26.8. The lowest BCUT2D eigenvalue weighted by atomic mass is 10.0.